The van der Waals surface area contributed by atoms with Crippen LogP contribution in [0.25, 0.3) is 0 Å². The number of ether oxygens (including phenoxy) is 1. The fourth-order valence-corrected chi connectivity index (χ4v) is 3.84. The molecule has 31 heavy (non-hydrogen) atoms. The first kappa shape index (κ1) is 21.6. The Balaban J connectivity index is 1.79. The zero-order valence-corrected chi connectivity index (χ0v) is 19.1. The van der Waals surface area contributed by atoms with Crippen LogP contribution in [0.4, 0.5) is 0 Å². The molecule has 0 spiro atoms. The Hall–Kier alpha value is -2.58. The largest absolute Gasteiger partial charge is 0.356 e. The van der Waals surface area contributed by atoms with E-state index in [1.807, 2.05) is 48.5 Å². The zero-order chi connectivity index (χ0) is 21.8. The Bertz CT molecular complexity index is 932. The van der Waals surface area contributed by atoms with Gasteiger partial charge < -0.3 is 4.74 Å². The van der Waals surface area contributed by atoms with E-state index in [0.717, 1.165) is 22.3 Å². The van der Waals surface area contributed by atoms with Gasteiger partial charge in [-0.25, -0.2) is 0 Å². The van der Waals surface area contributed by atoms with Crippen LogP contribution in [0.3, 0.4) is 0 Å². The minimum atomic E-state index is -0.250. The normalized spacial score (nSPS) is 13.0. The number of halogens is 2. The van der Waals surface area contributed by atoms with Gasteiger partial charge in [0.1, 0.15) is 12.2 Å². The zero-order valence-electron chi connectivity index (χ0n) is 17.6. The first-order valence-corrected chi connectivity index (χ1v) is 11.0. The summed E-state index contributed by atoms with van der Waals surface area (Å²) in [5, 5.41) is 1.42. The molecule has 0 saturated carbocycles. The van der Waals surface area contributed by atoms with Crippen molar-refractivity contribution in [3.8, 4) is 0 Å². The predicted octanol–water partition coefficient (Wildman–Crippen LogP) is 8.51. The van der Waals surface area contributed by atoms with E-state index in [2.05, 4.69) is 62.4 Å². The lowest BCUT2D eigenvalue weighted by Crippen LogP contribution is -2.13. The van der Waals surface area contributed by atoms with Crippen molar-refractivity contribution in [1.29, 1.82) is 0 Å². The molecule has 0 aliphatic rings. The molecule has 2 unspecified atom stereocenters. The van der Waals surface area contributed by atoms with E-state index in [-0.39, 0.29) is 12.2 Å². The van der Waals surface area contributed by atoms with Crippen LogP contribution >= 0.6 is 23.2 Å². The van der Waals surface area contributed by atoms with Crippen LogP contribution in [0.2, 0.25) is 10.0 Å². The van der Waals surface area contributed by atoms with Gasteiger partial charge in [0.05, 0.1) is 0 Å². The molecule has 4 rings (SSSR count). The summed E-state index contributed by atoms with van der Waals surface area (Å²) in [6, 6.07) is 32.7. The van der Waals surface area contributed by atoms with Crippen molar-refractivity contribution in [3.63, 3.8) is 0 Å². The molecule has 0 N–H and O–H groups in total. The standard InChI is InChI=1S/C28H24Cl2O/c1-19-3-7-21(8-4-19)27(23-11-15-25(29)16-12-23)31-28(22-9-5-20(2)6-10-22)24-13-17-26(30)18-14-24/h3-18,27-28H,1-2H3. The number of hydrogen-bond donors (Lipinski definition) is 0. The summed E-state index contributed by atoms with van der Waals surface area (Å²) in [5.41, 5.74) is 6.73. The molecule has 4 aromatic rings. The van der Waals surface area contributed by atoms with Crippen molar-refractivity contribution in [1.82, 2.24) is 0 Å². The lowest BCUT2D eigenvalue weighted by molar-refractivity contribution is 0.0308. The molecule has 0 aliphatic heterocycles. The Kier molecular flexibility index (Phi) is 6.77. The van der Waals surface area contributed by atoms with Gasteiger partial charge in [0.15, 0.2) is 0 Å². The maximum Gasteiger partial charge on any atom is 0.109 e. The fourth-order valence-electron chi connectivity index (χ4n) is 3.59. The van der Waals surface area contributed by atoms with Gasteiger partial charge in [0, 0.05) is 10.0 Å². The van der Waals surface area contributed by atoms with Crippen LogP contribution in [-0.2, 0) is 4.74 Å². The molecule has 0 amide bonds. The molecule has 0 aliphatic carbocycles. The molecule has 0 heterocycles. The molecule has 0 saturated heterocycles. The second kappa shape index (κ2) is 9.70. The minimum Gasteiger partial charge on any atom is -0.356 e. The molecule has 0 radical (unpaired) electrons. The van der Waals surface area contributed by atoms with Crippen molar-refractivity contribution in [2.24, 2.45) is 0 Å². The summed E-state index contributed by atoms with van der Waals surface area (Å²) in [6.45, 7) is 4.18. The molecular weight excluding hydrogens is 423 g/mol. The Labute approximate surface area is 194 Å². The van der Waals surface area contributed by atoms with Gasteiger partial charge in [-0.2, -0.15) is 0 Å². The maximum absolute atomic E-state index is 6.87. The second-order valence-electron chi connectivity index (χ2n) is 7.82. The summed E-state index contributed by atoms with van der Waals surface area (Å²) in [4.78, 5) is 0. The molecule has 0 fully saturated rings. The van der Waals surface area contributed by atoms with Crippen LogP contribution in [0.15, 0.2) is 97.1 Å². The van der Waals surface area contributed by atoms with Gasteiger partial charge in [-0.05, 0) is 60.4 Å². The van der Waals surface area contributed by atoms with Crippen molar-refractivity contribution in [2.75, 3.05) is 0 Å². The van der Waals surface area contributed by atoms with Crippen LogP contribution in [-0.4, -0.2) is 0 Å². The van der Waals surface area contributed by atoms with Gasteiger partial charge in [-0.1, -0.05) is 107 Å². The molecule has 0 aromatic heterocycles. The highest BCUT2D eigenvalue weighted by molar-refractivity contribution is 6.30. The first-order valence-electron chi connectivity index (χ1n) is 10.3. The van der Waals surface area contributed by atoms with E-state index >= 15 is 0 Å². The lowest BCUT2D eigenvalue weighted by Gasteiger charge is -2.27. The van der Waals surface area contributed by atoms with E-state index in [4.69, 9.17) is 27.9 Å². The Morgan fingerprint density at radius 3 is 1.00 bits per heavy atom. The summed E-state index contributed by atoms with van der Waals surface area (Å²) >= 11 is 12.3. The molecule has 0 bridgehead atoms. The summed E-state index contributed by atoms with van der Waals surface area (Å²) in [5.74, 6) is 0. The third-order valence-corrected chi connectivity index (χ3v) is 5.88. The number of benzene rings is 4. The van der Waals surface area contributed by atoms with E-state index in [1.54, 1.807) is 0 Å². The summed E-state index contributed by atoms with van der Waals surface area (Å²) < 4.78 is 6.87. The monoisotopic (exact) mass is 446 g/mol. The second-order valence-corrected chi connectivity index (χ2v) is 8.69. The highest BCUT2D eigenvalue weighted by Gasteiger charge is 2.23. The van der Waals surface area contributed by atoms with Crippen LogP contribution < -0.4 is 0 Å². The lowest BCUT2D eigenvalue weighted by atomic mass is 9.97. The maximum atomic E-state index is 6.87. The average molecular weight is 447 g/mol. The Morgan fingerprint density at radius 1 is 0.452 bits per heavy atom. The Morgan fingerprint density at radius 2 is 0.710 bits per heavy atom. The van der Waals surface area contributed by atoms with Crippen LogP contribution in [0, 0.1) is 13.8 Å². The van der Waals surface area contributed by atoms with Gasteiger partial charge in [0.2, 0.25) is 0 Å². The van der Waals surface area contributed by atoms with Crippen molar-refractivity contribution in [2.45, 2.75) is 26.1 Å². The quantitative estimate of drug-likeness (QED) is 0.288. The van der Waals surface area contributed by atoms with Crippen molar-refractivity contribution >= 4 is 23.2 Å². The van der Waals surface area contributed by atoms with Crippen molar-refractivity contribution < 1.29 is 4.74 Å². The summed E-state index contributed by atoms with van der Waals surface area (Å²) in [6.07, 6.45) is -0.500. The van der Waals surface area contributed by atoms with Gasteiger partial charge in [-0.3, -0.25) is 0 Å². The number of rotatable bonds is 6. The SMILES string of the molecule is Cc1ccc(C(OC(c2ccc(C)cc2)c2ccc(Cl)cc2)c2ccc(Cl)cc2)cc1. The minimum absolute atomic E-state index is 0.250. The van der Waals surface area contributed by atoms with Crippen molar-refractivity contribution in [3.05, 3.63) is 140 Å². The third-order valence-electron chi connectivity index (χ3n) is 5.38. The molecule has 2 atom stereocenters. The third kappa shape index (κ3) is 5.37. The molecule has 156 valence electrons. The van der Waals surface area contributed by atoms with Crippen LogP contribution in [0.5, 0.6) is 0 Å². The number of aryl methyl sites for hydroxylation is 2. The van der Waals surface area contributed by atoms with Gasteiger partial charge in [0.25, 0.3) is 0 Å². The van der Waals surface area contributed by atoms with E-state index in [9.17, 15) is 0 Å². The topological polar surface area (TPSA) is 9.23 Å². The molecule has 4 aromatic carbocycles. The van der Waals surface area contributed by atoms with Crippen LogP contribution in [0.1, 0.15) is 45.6 Å². The smallest absolute Gasteiger partial charge is 0.109 e. The van der Waals surface area contributed by atoms with Gasteiger partial charge >= 0.3 is 0 Å². The molecule has 1 nitrogen and oxygen atoms in total. The number of hydrogen-bond acceptors (Lipinski definition) is 1. The predicted molar refractivity (Wildman–Crippen MR) is 130 cm³/mol. The first-order chi connectivity index (χ1) is 15.0. The van der Waals surface area contributed by atoms with Gasteiger partial charge in [-0.15, -0.1) is 0 Å². The van der Waals surface area contributed by atoms with E-state index in [0.29, 0.717) is 10.0 Å². The molecular formula is C28H24Cl2O. The summed E-state index contributed by atoms with van der Waals surface area (Å²) in [7, 11) is 0. The highest BCUT2D eigenvalue weighted by atomic mass is 35.5. The van der Waals surface area contributed by atoms with E-state index < -0.39 is 0 Å². The molecule has 3 heteroatoms. The fraction of sp³-hybridized carbons (Fsp3) is 0.143. The average Bonchev–Trinajstić information content (AvgIpc) is 2.78. The van der Waals surface area contributed by atoms with E-state index in [1.165, 1.54) is 11.1 Å². The highest BCUT2D eigenvalue weighted by Crippen LogP contribution is 2.37.